The Morgan fingerprint density at radius 2 is 2.18 bits per heavy atom. The number of hydrogen-bond acceptors (Lipinski definition) is 2. The van der Waals surface area contributed by atoms with Gasteiger partial charge in [0.1, 0.15) is 6.54 Å². The standard InChI is InChI=1S/C10H10BrClN2O3/c1-14(5-9(15)16)10(17)13-6-2-3-8(12)7(11)4-6/h2-4H,5H2,1H3,(H,13,17)(H,15,16). The first-order chi connectivity index (χ1) is 7.90. The van der Waals surface area contributed by atoms with Crippen LogP contribution in [-0.4, -0.2) is 35.6 Å². The van der Waals surface area contributed by atoms with Gasteiger partial charge in [-0.25, -0.2) is 4.79 Å². The smallest absolute Gasteiger partial charge is 0.323 e. The van der Waals surface area contributed by atoms with Crippen molar-refractivity contribution in [1.82, 2.24) is 4.90 Å². The predicted octanol–water partition coefficient (Wildman–Crippen LogP) is 2.65. The first-order valence-corrected chi connectivity index (χ1v) is 5.76. The van der Waals surface area contributed by atoms with E-state index in [1.54, 1.807) is 18.2 Å². The van der Waals surface area contributed by atoms with E-state index in [1.165, 1.54) is 7.05 Å². The number of nitrogens with one attached hydrogen (secondary N) is 1. The maximum Gasteiger partial charge on any atom is 0.323 e. The Balaban J connectivity index is 2.67. The van der Waals surface area contributed by atoms with E-state index in [1.807, 2.05) is 0 Å². The van der Waals surface area contributed by atoms with Crippen molar-refractivity contribution in [3.05, 3.63) is 27.7 Å². The van der Waals surface area contributed by atoms with Crippen molar-refractivity contribution in [2.45, 2.75) is 0 Å². The first kappa shape index (κ1) is 13.8. The van der Waals surface area contributed by atoms with E-state index in [0.29, 0.717) is 15.2 Å². The molecule has 0 spiro atoms. The van der Waals surface area contributed by atoms with Gasteiger partial charge in [0.05, 0.1) is 5.02 Å². The topological polar surface area (TPSA) is 69.6 Å². The summed E-state index contributed by atoms with van der Waals surface area (Å²) in [5.74, 6) is -1.07. The number of carbonyl (C=O) groups is 2. The average molecular weight is 322 g/mol. The lowest BCUT2D eigenvalue weighted by atomic mass is 10.3. The Kier molecular flexibility index (Phi) is 4.77. The fourth-order valence-corrected chi connectivity index (χ4v) is 1.56. The summed E-state index contributed by atoms with van der Waals surface area (Å²) in [6.07, 6.45) is 0. The van der Waals surface area contributed by atoms with Crippen LogP contribution >= 0.6 is 27.5 Å². The van der Waals surface area contributed by atoms with Crippen LogP contribution in [0.4, 0.5) is 10.5 Å². The van der Waals surface area contributed by atoms with E-state index in [4.69, 9.17) is 16.7 Å². The lowest BCUT2D eigenvalue weighted by Gasteiger charge is -2.15. The van der Waals surface area contributed by atoms with Crippen LogP contribution in [0.15, 0.2) is 22.7 Å². The zero-order chi connectivity index (χ0) is 13.0. The summed E-state index contributed by atoms with van der Waals surface area (Å²) < 4.78 is 0.651. The highest BCUT2D eigenvalue weighted by atomic mass is 79.9. The number of benzene rings is 1. The van der Waals surface area contributed by atoms with Gasteiger partial charge < -0.3 is 15.3 Å². The summed E-state index contributed by atoms with van der Waals surface area (Å²) >= 11 is 9.02. The van der Waals surface area contributed by atoms with Crippen LogP contribution in [0.5, 0.6) is 0 Å². The van der Waals surface area contributed by atoms with Gasteiger partial charge in [0.25, 0.3) is 0 Å². The molecule has 7 heteroatoms. The van der Waals surface area contributed by atoms with Gasteiger partial charge in [-0.3, -0.25) is 4.79 Å². The van der Waals surface area contributed by atoms with Crippen LogP contribution in [0.1, 0.15) is 0 Å². The summed E-state index contributed by atoms with van der Waals surface area (Å²) in [4.78, 5) is 23.0. The Bertz CT molecular complexity index is 453. The molecule has 5 nitrogen and oxygen atoms in total. The Labute approximate surface area is 111 Å². The molecule has 2 amide bonds. The van der Waals surface area contributed by atoms with Crippen LogP contribution in [0.25, 0.3) is 0 Å². The molecule has 0 atom stereocenters. The number of amides is 2. The predicted molar refractivity (Wildman–Crippen MR) is 68.4 cm³/mol. The van der Waals surface area contributed by atoms with Crippen molar-refractivity contribution in [2.75, 3.05) is 18.9 Å². The van der Waals surface area contributed by atoms with E-state index in [0.717, 1.165) is 4.90 Å². The van der Waals surface area contributed by atoms with Gasteiger partial charge in [0, 0.05) is 17.2 Å². The largest absolute Gasteiger partial charge is 0.480 e. The minimum absolute atomic E-state index is 0.361. The zero-order valence-corrected chi connectivity index (χ0v) is 11.2. The summed E-state index contributed by atoms with van der Waals surface area (Å²) in [7, 11) is 1.40. The van der Waals surface area contributed by atoms with Crippen molar-refractivity contribution < 1.29 is 14.7 Å². The number of rotatable bonds is 3. The minimum Gasteiger partial charge on any atom is -0.480 e. The van der Waals surface area contributed by atoms with E-state index in [9.17, 15) is 9.59 Å². The van der Waals surface area contributed by atoms with Gasteiger partial charge in [-0.15, -0.1) is 0 Å². The minimum atomic E-state index is -1.07. The Morgan fingerprint density at radius 1 is 1.53 bits per heavy atom. The highest BCUT2D eigenvalue weighted by Crippen LogP contribution is 2.25. The zero-order valence-electron chi connectivity index (χ0n) is 8.91. The fourth-order valence-electron chi connectivity index (χ4n) is 1.07. The second kappa shape index (κ2) is 5.88. The molecule has 1 aromatic carbocycles. The monoisotopic (exact) mass is 320 g/mol. The molecule has 1 rings (SSSR count). The third-order valence-electron chi connectivity index (χ3n) is 1.89. The maximum atomic E-state index is 11.5. The molecule has 17 heavy (non-hydrogen) atoms. The van der Waals surface area contributed by atoms with Gasteiger partial charge in [-0.05, 0) is 34.1 Å². The van der Waals surface area contributed by atoms with Crippen molar-refractivity contribution in [2.24, 2.45) is 0 Å². The molecule has 0 aromatic heterocycles. The molecule has 0 aliphatic heterocycles. The maximum absolute atomic E-state index is 11.5. The van der Waals surface area contributed by atoms with Gasteiger partial charge in [-0.1, -0.05) is 11.6 Å². The van der Waals surface area contributed by atoms with Crippen molar-refractivity contribution in [3.8, 4) is 0 Å². The third kappa shape index (κ3) is 4.24. The second-order valence-electron chi connectivity index (χ2n) is 3.31. The number of carboxylic acid groups (broad SMARTS) is 1. The lowest BCUT2D eigenvalue weighted by molar-refractivity contribution is -0.137. The van der Waals surface area contributed by atoms with Crippen molar-refractivity contribution in [3.63, 3.8) is 0 Å². The molecular weight excluding hydrogens is 311 g/mol. The molecular formula is C10H10BrClN2O3. The summed E-state index contributed by atoms with van der Waals surface area (Å²) in [5.41, 5.74) is 0.531. The van der Waals surface area contributed by atoms with Crippen LogP contribution in [0.3, 0.4) is 0 Å². The van der Waals surface area contributed by atoms with E-state index < -0.39 is 12.0 Å². The van der Waals surface area contributed by atoms with Crippen molar-refractivity contribution in [1.29, 1.82) is 0 Å². The average Bonchev–Trinajstić information content (AvgIpc) is 2.22. The number of nitrogens with zero attached hydrogens (tertiary/aromatic N) is 1. The summed E-state index contributed by atoms with van der Waals surface area (Å²) in [6, 6.07) is 4.38. The van der Waals surface area contributed by atoms with Gasteiger partial charge in [0.15, 0.2) is 0 Å². The molecule has 0 saturated carbocycles. The van der Waals surface area contributed by atoms with Crippen LogP contribution in [-0.2, 0) is 4.79 Å². The fraction of sp³-hybridized carbons (Fsp3) is 0.200. The number of anilines is 1. The van der Waals surface area contributed by atoms with Crippen LogP contribution < -0.4 is 5.32 Å². The molecule has 0 aliphatic rings. The van der Waals surface area contributed by atoms with E-state index >= 15 is 0 Å². The van der Waals surface area contributed by atoms with Gasteiger partial charge >= 0.3 is 12.0 Å². The highest BCUT2D eigenvalue weighted by Gasteiger charge is 2.12. The number of likely N-dealkylation sites (N-methyl/N-ethyl adjacent to an activating group) is 1. The van der Waals surface area contributed by atoms with E-state index in [-0.39, 0.29) is 6.54 Å². The first-order valence-electron chi connectivity index (χ1n) is 4.59. The normalized spacial score (nSPS) is 9.82. The van der Waals surface area contributed by atoms with E-state index in [2.05, 4.69) is 21.2 Å². The Hall–Kier alpha value is -1.27. The number of urea groups is 1. The summed E-state index contributed by atoms with van der Waals surface area (Å²) in [6.45, 7) is -0.361. The Morgan fingerprint density at radius 3 is 2.71 bits per heavy atom. The molecule has 0 unspecified atom stereocenters. The molecule has 0 saturated heterocycles. The second-order valence-corrected chi connectivity index (χ2v) is 4.57. The van der Waals surface area contributed by atoms with Gasteiger partial charge in [-0.2, -0.15) is 0 Å². The number of hydrogen-bond donors (Lipinski definition) is 2. The number of halogens is 2. The quantitative estimate of drug-likeness (QED) is 0.899. The van der Waals surface area contributed by atoms with Crippen molar-refractivity contribution >= 4 is 45.2 Å². The molecule has 92 valence electrons. The molecule has 2 N–H and O–H groups in total. The number of carboxylic acids is 1. The third-order valence-corrected chi connectivity index (χ3v) is 3.10. The molecule has 0 heterocycles. The molecule has 0 bridgehead atoms. The van der Waals surface area contributed by atoms with Crippen LogP contribution in [0.2, 0.25) is 5.02 Å². The molecule has 1 aromatic rings. The summed E-state index contributed by atoms with van der Waals surface area (Å²) in [5, 5.41) is 11.6. The molecule has 0 radical (unpaired) electrons. The van der Waals surface area contributed by atoms with Crippen LogP contribution in [0, 0.1) is 0 Å². The SMILES string of the molecule is CN(CC(=O)O)C(=O)Nc1ccc(Cl)c(Br)c1. The van der Waals surface area contributed by atoms with Gasteiger partial charge in [0.2, 0.25) is 0 Å². The lowest BCUT2D eigenvalue weighted by Crippen LogP contribution is -2.35. The number of aliphatic carboxylic acids is 1. The molecule has 0 aliphatic carbocycles. The molecule has 0 fully saturated rings. The number of carbonyl (C=O) groups excluding carboxylic acids is 1. The highest BCUT2D eigenvalue weighted by molar-refractivity contribution is 9.10.